The Morgan fingerprint density at radius 1 is 1.36 bits per heavy atom. The lowest BCUT2D eigenvalue weighted by atomic mass is 9.95. The van der Waals surface area contributed by atoms with Crippen LogP contribution >= 0.6 is 12.2 Å². The zero-order chi connectivity index (χ0) is 18.2. The highest BCUT2D eigenvalue weighted by atomic mass is 32.1. The Balaban J connectivity index is 1.96. The van der Waals surface area contributed by atoms with Gasteiger partial charge in [0.15, 0.2) is 11.8 Å². The number of benzene rings is 1. The second kappa shape index (κ2) is 6.48. The smallest absolute Gasteiger partial charge is 0.193 e. The van der Waals surface area contributed by atoms with Crippen LogP contribution in [0.5, 0.6) is 0 Å². The summed E-state index contributed by atoms with van der Waals surface area (Å²) in [6, 6.07) is 8.90. The number of halogens is 3. The first-order chi connectivity index (χ1) is 11.8. The first-order valence-electron chi connectivity index (χ1n) is 7.63. The number of nitrogens with two attached hydrogens (primary N) is 1. The summed E-state index contributed by atoms with van der Waals surface area (Å²) in [7, 11) is 0. The Morgan fingerprint density at radius 3 is 2.80 bits per heavy atom. The lowest BCUT2D eigenvalue weighted by Gasteiger charge is -2.25. The molecule has 0 aliphatic heterocycles. The predicted octanol–water partition coefficient (Wildman–Crippen LogP) is 4.56. The molecule has 3 nitrogen and oxygen atoms in total. The Labute approximate surface area is 148 Å². The fraction of sp³-hybridized carbons (Fsp3) is 0.222. The summed E-state index contributed by atoms with van der Waals surface area (Å²) in [5.41, 5.74) is 5.31. The van der Waals surface area contributed by atoms with Crippen molar-refractivity contribution in [2.45, 2.75) is 25.2 Å². The van der Waals surface area contributed by atoms with E-state index in [1.165, 1.54) is 10.9 Å². The highest BCUT2D eigenvalue weighted by molar-refractivity contribution is 7.71. The van der Waals surface area contributed by atoms with Crippen LogP contribution in [-0.2, 0) is 6.42 Å². The normalized spacial score (nSPS) is 23.1. The molecular weight excluding hydrogens is 347 g/mol. The lowest BCUT2D eigenvalue weighted by Crippen LogP contribution is -2.33. The Bertz CT molecular complexity index is 931. The highest BCUT2D eigenvalue weighted by Crippen LogP contribution is 2.35. The monoisotopic (exact) mass is 363 g/mol. The van der Waals surface area contributed by atoms with Gasteiger partial charge in [0.25, 0.3) is 0 Å². The molecule has 1 aliphatic rings. The van der Waals surface area contributed by atoms with Crippen LogP contribution in [0.15, 0.2) is 54.5 Å². The van der Waals surface area contributed by atoms with Crippen LogP contribution in [0.25, 0.3) is 5.70 Å². The molecule has 1 heterocycles. The Morgan fingerprint density at radius 2 is 2.12 bits per heavy atom. The maximum atomic E-state index is 13.9. The molecule has 2 N–H and O–H groups in total. The van der Waals surface area contributed by atoms with Gasteiger partial charge < -0.3 is 5.73 Å². The zero-order valence-corrected chi connectivity index (χ0v) is 14.2. The third kappa shape index (κ3) is 3.51. The molecule has 1 aromatic carbocycles. The number of hydrogen-bond acceptors (Lipinski definition) is 3. The molecule has 0 amide bonds. The highest BCUT2D eigenvalue weighted by Gasteiger charge is 2.41. The van der Waals surface area contributed by atoms with Gasteiger partial charge in [-0.1, -0.05) is 24.4 Å². The van der Waals surface area contributed by atoms with Crippen molar-refractivity contribution in [3.63, 3.8) is 0 Å². The average molecular weight is 363 g/mol. The summed E-state index contributed by atoms with van der Waals surface area (Å²) in [6.07, 6.45) is 1.76. The van der Waals surface area contributed by atoms with Crippen molar-refractivity contribution < 1.29 is 13.2 Å². The van der Waals surface area contributed by atoms with Crippen LogP contribution in [0.4, 0.5) is 18.9 Å². The van der Waals surface area contributed by atoms with E-state index in [0.717, 1.165) is 24.6 Å². The minimum atomic E-state index is -2.66. The van der Waals surface area contributed by atoms with Gasteiger partial charge >= 0.3 is 0 Å². The second-order valence-electron chi connectivity index (χ2n) is 6.05. The molecule has 25 heavy (non-hydrogen) atoms. The summed E-state index contributed by atoms with van der Waals surface area (Å²) in [5, 5.41) is 4.34. The lowest BCUT2D eigenvalue weighted by molar-refractivity contribution is 0.106. The van der Waals surface area contributed by atoms with E-state index in [0.29, 0.717) is 22.3 Å². The fourth-order valence-electron chi connectivity index (χ4n) is 2.51. The molecule has 0 fully saturated rings. The van der Waals surface area contributed by atoms with Crippen LogP contribution in [0, 0.1) is 4.51 Å². The van der Waals surface area contributed by atoms with Crippen LogP contribution in [0.3, 0.4) is 0 Å². The molecule has 0 spiro atoms. The number of alkyl halides is 2. The van der Waals surface area contributed by atoms with E-state index in [1.54, 1.807) is 18.2 Å². The summed E-state index contributed by atoms with van der Waals surface area (Å²) in [6.45, 7) is 0.868. The van der Waals surface area contributed by atoms with E-state index >= 15 is 0 Å². The molecule has 0 bridgehead atoms. The van der Waals surface area contributed by atoms with Crippen molar-refractivity contribution in [1.82, 2.24) is 9.78 Å². The summed E-state index contributed by atoms with van der Waals surface area (Å²) < 4.78 is 43.5. The maximum absolute atomic E-state index is 13.9. The minimum Gasteiger partial charge on any atom is -0.399 e. The molecule has 2 aromatic rings. The van der Waals surface area contributed by atoms with Gasteiger partial charge in [-0.2, -0.15) is 5.10 Å². The van der Waals surface area contributed by atoms with E-state index in [1.807, 2.05) is 12.1 Å². The average Bonchev–Trinajstić information content (AvgIpc) is 2.55. The number of nitrogens with zero attached hydrogens (tertiary/aromatic N) is 2. The van der Waals surface area contributed by atoms with Crippen LogP contribution in [-0.4, -0.2) is 21.6 Å². The van der Waals surface area contributed by atoms with Gasteiger partial charge in [-0.05, 0) is 42.8 Å². The van der Waals surface area contributed by atoms with Crippen molar-refractivity contribution in [2.75, 3.05) is 5.73 Å². The predicted molar refractivity (Wildman–Crippen MR) is 94.6 cm³/mol. The van der Waals surface area contributed by atoms with E-state index in [2.05, 4.69) is 5.10 Å². The summed E-state index contributed by atoms with van der Waals surface area (Å²) >= 11 is 5.28. The molecule has 0 saturated carbocycles. The first-order valence-corrected chi connectivity index (χ1v) is 8.04. The molecule has 1 aromatic heterocycles. The number of allylic oxidation sites excluding steroid dienone is 4. The quantitative estimate of drug-likeness (QED) is 0.642. The molecule has 0 saturated heterocycles. The van der Waals surface area contributed by atoms with Gasteiger partial charge in [0.1, 0.15) is 5.83 Å². The fourth-order valence-corrected chi connectivity index (χ4v) is 2.68. The SMILES string of the molecule is CC1(F)C(F)=CC(n2ccc(=S)c(Cc3cccc(N)c3)n2)=CC1F. The third-order valence-corrected chi connectivity index (χ3v) is 4.42. The molecule has 7 heteroatoms. The standard InChI is InChI=1S/C18H16F3N3S/c1-18(21)16(19)9-13(10-17(18)20)24-6-5-15(25)14(23-24)8-11-3-2-4-12(22)7-11/h2-7,9-10,16H,8,22H2,1H3. The van der Waals surface area contributed by atoms with E-state index in [-0.39, 0.29) is 5.70 Å². The van der Waals surface area contributed by atoms with E-state index in [9.17, 15) is 13.2 Å². The molecule has 0 radical (unpaired) electrons. The van der Waals surface area contributed by atoms with Gasteiger partial charge in [0, 0.05) is 18.3 Å². The maximum Gasteiger partial charge on any atom is 0.193 e. The van der Waals surface area contributed by atoms with Gasteiger partial charge in [0.2, 0.25) is 0 Å². The molecule has 2 unspecified atom stereocenters. The first kappa shape index (κ1) is 17.4. The van der Waals surface area contributed by atoms with E-state index < -0.39 is 17.7 Å². The van der Waals surface area contributed by atoms with Crippen molar-refractivity contribution in [3.05, 3.63) is 70.3 Å². The van der Waals surface area contributed by atoms with Gasteiger partial charge in [-0.15, -0.1) is 0 Å². The van der Waals surface area contributed by atoms with Gasteiger partial charge in [-0.25, -0.2) is 17.9 Å². The van der Waals surface area contributed by atoms with E-state index in [4.69, 9.17) is 18.0 Å². The van der Waals surface area contributed by atoms with Crippen molar-refractivity contribution in [3.8, 4) is 0 Å². The number of rotatable bonds is 3. The van der Waals surface area contributed by atoms with Gasteiger partial charge in [0.05, 0.1) is 15.9 Å². The van der Waals surface area contributed by atoms with Crippen LogP contribution in [0.1, 0.15) is 18.2 Å². The largest absolute Gasteiger partial charge is 0.399 e. The number of aromatic nitrogens is 2. The molecular formula is C18H16F3N3S. The Kier molecular flexibility index (Phi) is 4.51. The summed E-state index contributed by atoms with van der Waals surface area (Å²) in [4.78, 5) is 0. The number of anilines is 1. The third-order valence-electron chi connectivity index (χ3n) is 4.04. The van der Waals surface area contributed by atoms with Crippen molar-refractivity contribution in [1.29, 1.82) is 0 Å². The zero-order valence-electron chi connectivity index (χ0n) is 13.4. The second-order valence-corrected chi connectivity index (χ2v) is 6.49. The van der Waals surface area contributed by atoms with Crippen LogP contribution in [0.2, 0.25) is 0 Å². The minimum absolute atomic E-state index is 0.115. The van der Waals surface area contributed by atoms with Crippen molar-refractivity contribution in [2.24, 2.45) is 0 Å². The summed E-state index contributed by atoms with van der Waals surface area (Å²) in [5.74, 6) is -1.17. The number of hydrogen-bond donors (Lipinski definition) is 1. The van der Waals surface area contributed by atoms with Gasteiger partial charge in [-0.3, -0.25) is 0 Å². The molecule has 130 valence electrons. The topological polar surface area (TPSA) is 43.8 Å². The van der Waals surface area contributed by atoms with Crippen LogP contribution < -0.4 is 5.73 Å². The molecule has 3 rings (SSSR count). The molecule has 2 atom stereocenters. The molecule has 1 aliphatic carbocycles. The Hall–Kier alpha value is -2.41. The number of nitrogen functional groups attached to an aromatic ring is 1. The van der Waals surface area contributed by atoms with Crippen molar-refractivity contribution >= 4 is 23.6 Å².